The Balaban J connectivity index is 0.00000456. The number of para-hydroxylation sites is 1. The van der Waals surface area contributed by atoms with Crippen LogP contribution in [-0.2, 0) is 25.4 Å². The molecule has 0 spiro atoms. The minimum absolute atomic E-state index is 0. The molecular formula is C23H34N7O5P. The zero-order valence-corrected chi connectivity index (χ0v) is 20.6. The highest BCUT2D eigenvalue weighted by Crippen LogP contribution is 2.43. The van der Waals surface area contributed by atoms with Crippen molar-refractivity contribution in [2.45, 2.75) is 33.9 Å². The minimum Gasteiger partial charge on any atom is -0.465 e. The summed E-state index contributed by atoms with van der Waals surface area (Å²) in [4.78, 5) is 24.9. The maximum atomic E-state index is 13.5. The third kappa shape index (κ3) is 7.77. The van der Waals surface area contributed by atoms with Crippen LogP contribution in [0.25, 0.3) is 11.2 Å². The number of fused-ring (bicyclic) bond motifs is 1. The number of esters is 1. The molecule has 2 aromatic heterocycles. The Labute approximate surface area is 210 Å². The van der Waals surface area contributed by atoms with Crippen LogP contribution in [0.15, 0.2) is 49.3 Å². The molecule has 3 rings (SSSR count). The lowest BCUT2D eigenvalue weighted by molar-refractivity contribution is -0.144. The van der Waals surface area contributed by atoms with Crippen LogP contribution in [0.4, 0.5) is 11.8 Å². The molecule has 0 fully saturated rings. The zero-order valence-electron chi connectivity index (χ0n) is 19.7. The third-order valence-corrected chi connectivity index (χ3v) is 6.47. The summed E-state index contributed by atoms with van der Waals surface area (Å²) in [6, 6.07) is 7.81. The predicted molar refractivity (Wildman–Crippen MR) is 140 cm³/mol. The first kappa shape index (κ1) is 28.8. The van der Waals surface area contributed by atoms with Gasteiger partial charge >= 0.3 is 13.5 Å². The first-order valence-electron chi connectivity index (χ1n) is 11.0. The molecule has 2 unspecified atom stereocenters. The summed E-state index contributed by atoms with van der Waals surface area (Å²) in [6.45, 7) is 8.16. The lowest BCUT2D eigenvalue weighted by atomic mass is 10.3. The fourth-order valence-corrected chi connectivity index (χ4v) is 4.83. The fourth-order valence-electron chi connectivity index (χ4n) is 3.12. The van der Waals surface area contributed by atoms with Crippen LogP contribution in [0, 0.1) is 0 Å². The van der Waals surface area contributed by atoms with Crippen LogP contribution in [-0.4, -0.2) is 57.6 Å². The molecule has 0 saturated carbocycles. The molecular weight excluding hydrogens is 485 g/mol. The van der Waals surface area contributed by atoms with Crippen molar-refractivity contribution in [1.29, 1.82) is 0 Å². The number of nitrogens with zero attached hydrogens (tertiary/aromatic N) is 4. The number of nitrogen functional groups attached to an aromatic ring is 1. The maximum Gasteiger partial charge on any atom is 0.342 e. The molecule has 0 aliphatic heterocycles. The smallest absolute Gasteiger partial charge is 0.342 e. The van der Waals surface area contributed by atoms with Crippen molar-refractivity contribution in [1.82, 2.24) is 24.6 Å². The molecule has 0 radical (unpaired) electrons. The first-order chi connectivity index (χ1) is 16.8. The monoisotopic (exact) mass is 519 g/mol. The molecule has 13 heteroatoms. The second-order valence-corrected chi connectivity index (χ2v) is 9.47. The van der Waals surface area contributed by atoms with E-state index in [4.69, 9.17) is 19.7 Å². The van der Waals surface area contributed by atoms with Gasteiger partial charge in [0, 0.05) is 13.1 Å². The van der Waals surface area contributed by atoms with Crippen LogP contribution in [0.5, 0.6) is 5.75 Å². The van der Waals surface area contributed by atoms with Crippen molar-refractivity contribution >= 4 is 36.4 Å². The number of imidazole rings is 1. The highest BCUT2D eigenvalue weighted by atomic mass is 31.2. The second-order valence-electron chi connectivity index (χ2n) is 7.43. The number of carbonyl (C=O) groups is 1. The molecule has 0 saturated heterocycles. The topological polar surface area (TPSA) is 156 Å². The van der Waals surface area contributed by atoms with Crippen molar-refractivity contribution in [3.05, 3.63) is 49.3 Å². The molecule has 2 heterocycles. The lowest BCUT2D eigenvalue weighted by Crippen LogP contribution is -2.35. The maximum absolute atomic E-state index is 13.5. The van der Waals surface area contributed by atoms with Crippen LogP contribution in [0.3, 0.4) is 0 Å². The number of carbonyl (C=O) groups excluding carboxylic acids is 1. The van der Waals surface area contributed by atoms with E-state index in [0.717, 1.165) is 0 Å². The molecule has 196 valence electrons. The van der Waals surface area contributed by atoms with Crippen LogP contribution < -0.4 is 20.7 Å². The van der Waals surface area contributed by atoms with E-state index in [9.17, 15) is 9.36 Å². The van der Waals surface area contributed by atoms with Crippen LogP contribution in [0.1, 0.15) is 21.3 Å². The highest BCUT2D eigenvalue weighted by molar-refractivity contribution is 7.57. The Hall–Kier alpha value is -3.47. The Kier molecular flexibility index (Phi) is 10.8. The second kappa shape index (κ2) is 13.6. The number of benzene rings is 1. The normalized spacial score (nSPS) is 13.3. The average molecular weight is 520 g/mol. The molecule has 1 aromatic carbocycles. The lowest BCUT2D eigenvalue weighted by Gasteiger charge is -2.23. The van der Waals surface area contributed by atoms with Crippen molar-refractivity contribution in [3.8, 4) is 5.75 Å². The predicted octanol–water partition coefficient (Wildman–Crippen LogP) is 3.43. The van der Waals surface area contributed by atoms with Gasteiger partial charge in [0.2, 0.25) is 5.95 Å². The summed E-state index contributed by atoms with van der Waals surface area (Å²) in [6.07, 6.45) is 3.02. The SMILES string of the molecule is C.C=CCNc1nc(N)nc2c1ncn2CCOCP(=O)(NC(C)C(=O)OCC)Oc1ccccc1. The fraction of sp³-hybridized carbons (Fsp3) is 0.391. The van der Waals surface area contributed by atoms with Gasteiger partial charge in [0.25, 0.3) is 0 Å². The van der Waals surface area contributed by atoms with E-state index in [1.54, 1.807) is 55.1 Å². The number of hydrogen-bond acceptors (Lipinski definition) is 10. The van der Waals surface area contributed by atoms with Gasteiger partial charge in [0.05, 0.1) is 19.5 Å². The van der Waals surface area contributed by atoms with E-state index in [0.29, 0.717) is 35.8 Å². The molecule has 12 nitrogen and oxygen atoms in total. The molecule has 3 aromatic rings. The van der Waals surface area contributed by atoms with E-state index in [-0.39, 0.29) is 32.9 Å². The molecule has 0 aliphatic rings. The van der Waals surface area contributed by atoms with Gasteiger partial charge in [-0.2, -0.15) is 9.97 Å². The van der Waals surface area contributed by atoms with Gasteiger partial charge in [-0.15, -0.1) is 6.58 Å². The number of nitrogens with one attached hydrogen (secondary N) is 2. The van der Waals surface area contributed by atoms with Crippen LogP contribution >= 0.6 is 7.52 Å². The molecule has 0 bridgehead atoms. The Morgan fingerprint density at radius 1 is 1.31 bits per heavy atom. The largest absolute Gasteiger partial charge is 0.465 e. The van der Waals surface area contributed by atoms with E-state index < -0.39 is 19.5 Å². The highest BCUT2D eigenvalue weighted by Gasteiger charge is 2.30. The quantitative estimate of drug-likeness (QED) is 0.124. The summed E-state index contributed by atoms with van der Waals surface area (Å²) < 4.78 is 31.7. The van der Waals surface area contributed by atoms with Gasteiger partial charge in [0.1, 0.15) is 18.1 Å². The van der Waals surface area contributed by atoms with Gasteiger partial charge in [-0.25, -0.2) is 10.1 Å². The van der Waals surface area contributed by atoms with Gasteiger partial charge in [-0.05, 0) is 26.0 Å². The van der Waals surface area contributed by atoms with Gasteiger partial charge in [-0.3, -0.25) is 9.36 Å². The van der Waals surface area contributed by atoms with E-state index in [1.807, 2.05) is 6.07 Å². The van der Waals surface area contributed by atoms with Crippen LogP contribution in [0.2, 0.25) is 0 Å². The summed E-state index contributed by atoms with van der Waals surface area (Å²) >= 11 is 0. The Morgan fingerprint density at radius 2 is 2.06 bits per heavy atom. The Bertz CT molecular complexity index is 1190. The molecule has 36 heavy (non-hydrogen) atoms. The Morgan fingerprint density at radius 3 is 2.75 bits per heavy atom. The number of rotatable bonds is 14. The first-order valence-corrected chi connectivity index (χ1v) is 12.8. The van der Waals surface area contributed by atoms with E-state index in [2.05, 4.69) is 31.9 Å². The van der Waals surface area contributed by atoms with Gasteiger partial charge in [-0.1, -0.05) is 31.7 Å². The number of ether oxygens (including phenoxy) is 2. The summed E-state index contributed by atoms with van der Waals surface area (Å²) in [7, 11) is -3.62. The van der Waals surface area contributed by atoms with Crippen molar-refractivity contribution in [2.24, 2.45) is 0 Å². The van der Waals surface area contributed by atoms with Gasteiger partial charge < -0.3 is 29.6 Å². The van der Waals surface area contributed by atoms with Crippen molar-refractivity contribution in [3.63, 3.8) is 0 Å². The molecule has 0 aliphatic carbocycles. The summed E-state index contributed by atoms with van der Waals surface area (Å²) in [5, 5.41) is 5.83. The summed E-state index contributed by atoms with van der Waals surface area (Å²) in [5.74, 6) is 0.456. The molecule has 0 amide bonds. The standard InChI is InChI=1S/C22H30N7O5P.CH4/c1-4-11-24-19-18-20(27-22(23)26-19)29(14-25-18)12-13-32-15-35(31,28-16(3)21(30)33-5-2)34-17-9-7-6-8-10-17;/h4,6-10,14,16H,1,5,11-13,15H2,2-3H3,(H,28,31)(H3,23,24,26,27);1H4. The third-order valence-electron chi connectivity index (χ3n) is 4.66. The van der Waals surface area contributed by atoms with E-state index in [1.165, 1.54) is 0 Å². The van der Waals surface area contributed by atoms with E-state index >= 15 is 0 Å². The average Bonchev–Trinajstić information content (AvgIpc) is 3.23. The van der Waals surface area contributed by atoms with Crippen molar-refractivity contribution < 1.29 is 23.4 Å². The number of aromatic nitrogens is 4. The summed E-state index contributed by atoms with van der Waals surface area (Å²) in [5.41, 5.74) is 6.93. The minimum atomic E-state index is -3.62. The number of anilines is 2. The molecule has 4 N–H and O–H groups in total. The number of nitrogens with two attached hydrogens (primary N) is 1. The zero-order chi connectivity index (χ0) is 25.3. The van der Waals surface area contributed by atoms with Gasteiger partial charge in [0.15, 0.2) is 17.0 Å². The molecule has 2 atom stereocenters. The van der Waals surface area contributed by atoms with Crippen molar-refractivity contribution in [2.75, 3.05) is 37.2 Å². The number of hydrogen-bond donors (Lipinski definition) is 3.